The summed E-state index contributed by atoms with van der Waals surface area (Å²) < 4.78 is 92.4. The molecule has 0 aliphatic carbocycles. The fourth-order valence-electron chi connectivity index (χ4n) is 3.85. The Bertz CT molecular complexity index is 1240. The third kappa shape index (κ3) is 7.13. The molecule has 2 aromatic carbocycles. The van der Waals surface area contributed by atoms with E-state index in [1.165, 1.54) is 25.2 Å². The molecule has 0 radical (unpaired) electrons. The van der Waals surface area contributed by atoms with Gasteiger partial charge in [0, 0.05) is 25.8 Å². The van der Waals surface area contributed by atoms with E-state index in [-0.39, 0.29) is 34.7 Å². The van der Waals surface area contributed by atoms with Gasteiger partial charge in [0.2, 0.25) is 0 Å². The highest BCUT2D eigenvalue weighted by molar-refractivity contribution is 6.31. The van der Waals surface area contributed by atoms with Crippen molar-refractivity contribution in [2.24, 2.45) is 7.05 Å². The summed E-state index contributed by atoms with van der Waals surface area (Å²) in [6.07, 6.45) is -6.39. The van der Waals surface area contributed by atoms with Crippen LogP contribution in [0.4, 0.5) is 26.3 Å². The average molecular weight is 565 g/mol. The number of aromatic hydroxyl groups is 1. The van der Waals surface area contributed by atoms with Crippen molar-refractivity contribution in [3.63, 3.8) is 0 Å². The van der Waals surface area contributed by atoms with Crippen molar-refractivity contribution in [1.82, 2.24) is 9.78 Å². The van der Waals surface area contributed by atoms with Crippen molar-refractivity contribution in [1.29, 1.82) is 0 Å². The standard InChI is InChI=1S/C26H27ClF6N2O3/c1-3-11-37-12-5-4-6-13-38-21-10-8-17(20-15-22(26(31,32)33)34-35(20)2)24(36)23(21)16-7-9-19(27)18(14-16)25(28,29)30/h7-10,14-15,36H,3-6,11-13H2,1-2H3. The number of alkyl halides is 6. The summed E-state index contributed by atoms with van der Waals surface area (Å²) >= 11 is 5.76. The molecular weight excluding hydrogens is 538 g/mol. The van der Waals surface area contributed by atoms with Crippen molar-refractivity contribution in [3.05, 3.63) is 52.7 Å². The van der Waals surface area contributed by atoms with Crippen molar-refractivity contribution < 1.29 is 40.9 Å². The molecule has 0 saturated carbocycles. The Morgan fingerprint density at radius 3 is 2.26 bits per heavy atom. The van der Waals surface area contributed by atoms with Gasteiger partial charge >= 0.3 is 12.4 Å². The molecule has 38 heavy (non-hydrogen) atoms. The second-order valence-electron chi connectivity index (χ2n) is 8.58. The van der Waals surface area contributed by atoms with Gasteiger partial charge in [0.05, 0.1) is 28.5 Å². The van der Waals surface area contributed by atoms with Gasteiger partial charge in [-0.3, -0.25) is 4.68 Å². The minimum atomic E-state index is -4.77. The molecule has 0 saturated heterocycles. The number of nitrogens with zero attached hydrogens (tertiary/aromatic N) is 2. The first-order chi connectivity index (χ1) is 17.8. The molecule has 0 atom stereocenters. The Hall–Kier alpha value is -2.92. The number of hydrogen-bond donors (Lipinski definition) is 1. The molecule has 208 valence electrons. The predicted molar refractivity (Wildman–Crippen MR) is 131 cm³/mol. The number of unbranched alkanes of at least 4 members (excludes halogenated alkanes) is 2. The zero-order chi connectivity index (χ0) is 28.1. The number of halogens is 7. The highest BCUT2D eigenvalue weighted by Gasteiger charge is 2.36. The summed E-state index contributed by atoms with van der Waals surface area (Å²) in [6, 6.07) is 6.57. The molecular formula is C26H27ClF6N2O3. The van der Waals surface area contributed by atoms with Gasteiger partial charge in [0.15, 0.2) is 5.69 Å². The second kappa shape index (κ2) is 12.3. The van der Waals surface area contributed by atoms with Crippen LogP contribution in [0.5, 0.6) is 11.5 Å². The van der Waals surface area contributed by atoms with E-state index in [2.05, 4.69) is 5.10 Å². The number of rotatable bonds is 11. The smallest absolute Gasteiger partial charge is 0.435 e. The Kier molecular flexibility index (Phi) is 9.59. The van der Waals surface area contributed by atoms with Crippen LogP contribution < -0.4 is 4.74 Å². The first-order valence-corrected chi connectivity index (χ1v) is 12.3. The van der Waals surface area contributed by atoms with E-state index in [9.17, 15) is 31.4 Å². The van der Waals surface area contributed by atoms with Crippen LogP contribution in [0.25, 0.3) is 22.4 Å². The molecule has 3 aromatic rings. The molecule has 1 aromatic heterocycles. The lowest BCUT2D eigenvalue weighted by molar-refractivity contribution is -0.141. The minimum absolute atomic E-state index is 0.0607. The van der Waals surface area contributed by atoms with E-state index in [0.29, 0.717) is 19.6 Å². The Balaban J connectivity index is 2.00. The molecule has 12 heteroatoms. The lowest BCUT2D eigenvalue weighted by Crippen LogP contribution is -2.06. The first kappa shape index (κ1) is 29.6. The number of ether oxygens (including phenoxy) is 2. The number of aryl methyl sites for hydroxylation is 1. The molecule has 3 rings (SSSR count). The quantitative estimate of drug-likeness (QED) is 0.189. The van der Waals surface area contributed by atoms with Crippen LogP contribution in [0, 0.1) is 0 Å². The van der Waals surface area contributed by atoms with E-state index in [4.69, 9.17) is 21.1 Å². The van der Waals surface area contributed by atoms with Crippen molar-refractivity contribution in [2.75, 3.05) is 19.8 Å². The van der Waals surface area contributed by atoms with Crippen LogP contribution >= 0.6 is 11.6 Å². The van der Waals surface area contributed by atoms with E-state index >= 15 is 0 Å². The van der Waals surface area contributed by atoms with E-state index in [1.54, 1.807) is 0 Å². The Labute approximate surface area is 220 Å². The monoisotopic (exact) mass is 564 g/mol. The highest BCUT2D eigenvalue weighted by atomic mass is 35.5. The third-order valence-electron chi connectivity index (χ3n) is 5.69. The van der Waals surface area contributed by atoms with Gasteiger partial charge in [0.1, 0.15) is 11.5 Å². The summed E-state index contributed by atoms with van der Waals surface area (Å²) in [5.41, 5.74) is -2.62. The molecule has 0 unspecified atom stereocenters. The maximum absolute atomic E-state index is 13.5. The molecule has 0 spiro atoms. The van der Waals surface area contributed by atoms with Gasteiger partial charge in [-0.1, -0.05) is 24.6 Å². The average Bonchev–Trinajstić information content (AvgIpc) is 3.22. The van der Waals surface area contributed by atoms with Crippen molar-refractivity contribution in [3.8, 4) is 33.9 Å². The van der Waals surface area contributed by atoms with Crippen molar-refractivity contribution in [2.45, 2.75) is 45.0 Å². The van der Waals surface area contributed by atoms with Gasteiger partial charge in [-0.05, 0) is 61.6 Å². The number of benzene rings is 2. The topological polar surface area (TPSA) is 56.5 Å². The van der Waals surface area contributed by atoms with Crippen LogP contribution in [0.2, 0.25) is 5.02 Å². The number of aromatic nitrogens is 2. The lowest BCUT2D eigenvalue weighted by Gasteiger charge is -2.18. The Morgan fingerprint density at radius 1 is 0.921 bits per heavy atom. The highest BCUT2D eigenvalue weighted by Crippen LogP contribution is 2.47. The van der Waals surface area contributed by atoms with Crippen LogP contribution in [-0.2, 0) is 24.1 Å². The third-order valence-corrected chi connectivity index (χ3v) is 6.01. The van der Waals surface area contributed by atoms with Gasteiger partial charge < -0.3 is 14.6 Å². The summed E-state index contributed by atoms with van der Waals surface area (Å²) in [5, 5.41) is 14.1. The zero-order valence-corrected chi connectivity index (χ0v) is 21.5. The molecule has 0 fully saturated rings. The maximum Gasteiger partial charge on any atom is 0.435 e. The molecule has 0 aliphatic rings. The second-order valence-corrected chi connectivity index (χ2v) is 8.99. The molecule has 0 bridgehead atoms. The van der Waals surface area contributed by atoms with Crippen LogP contribution in [0.1, 0.15) is 43.9 Å². The zero-order valence-electron chi connectivity index (χ0n) is 20.7. The SMILES string of the molecule is CCCOCCCCCOc1ccc(-c2cc(C(F)(F)F)nn2C)c(O)c1-c1ccc(Cl)c(C(F)(F)F)c1. The number of phenols is 1. The van der Waals surface area contributed by atoms with E-state index < -0.39 is 34.4 Å². The van der Waals surface area contributed by atoms with E-state index in [1.807, 2.05) is 6.92 Å². The first-order valence-electron chi connectivity index (χ1n) is 11.9. The largest absolute Gasteiger partial charge is 0.506 e. The van der Waals surface area contributed by atoms with E-state index in [0.717, 1.165) is 42.1 Å². The fraction of sp³-hybridized carbons (Fsp3) is 0.423. The van der Waals surface area contributed by atoms with Gasteiger partial charge in [-0.15, -0.1) is 0 Å². The molecule has 0 aliphatic heterocycles. The molecule has 5 nitrogen and oxygen atoms in total. The Morgan fingerprint density at radius 2 is 1.63 bits per heavy atom. The summed E-state index contributed by atoms with van der Waals surface area (Å²) in [7, 11) is 1.27. The fourth-order valence-corrected chi connectivity index (χ4v) is 4.07. The number of phenolic OH excluding ortho intramolecular Hbond substituents is 1. The van der Waals surface area contributed by atoms with Crippen molar-refractivity contribution >= 4 is 11.6 Å². The van der Waals surface area contributed by atoms with Gasteiger partial charge in [-0.2, -0.15) is 31.4 Å². The summed E-state index contributed by atoms with van der Waals surface area (Å²) in [4.78, 5) is 0. The van der Waals surface area contributed by atoms with Crippen LogP contribution in [0.15, 0.2) is 36.4 Å². The number of hydrogen-bond acceptors (Lipinski definition) is 4. The predicted octanol–water partition coefficient (Wildman–Crippen LogP) is 8.13. The van der Waals surface area contributed by atoms with Crippen LogP contribution in [-0.4, -0.2) is 34.7 Å². The molecule has 1 N–H and O–H groups in total. The van der Waals surface area contributed by atoms with Gasteiger partial charge in [0.25, 0.3) is 0 Å². The minimum Gasteiger partial charge on any atom is -0.506 e. The maximum atomic E-state index is 13.5. The summed E-state index contributed by atoms with van der Waals surface area (Å²) in [5.74, 6) is -0.482. The van der Waals surface area contributed by atoms with Crippen LogP contribution in [0.3, 0.4) is 0 Å². The van der Waals surface area contributed by atoms with Gasteiger partial charge in [-0.25, -0.2) is 0 Å². The summed E-state index contributed by atoms with van der Waals surface area (Å²) in [6.45, 7) is 3.48. The normalized spacial score (nSPS) is 12.2. The molecule has 1 heterocycles. The lowest BCUT2D eigenvalue weighted by atomic mass is 9.97. The molecule has 0 amide bonds.